The third kappa shape index (κ3) is 3.14. The fraction of sp³-hybridized carbons (Fsp3) is 0.207. The molecule has 3 aromatic carbocycles. The van der Waals surface area contributed by atoms with E-state index in [1.54, 1.807) is 24.3 Å². The molecule has 0 aliphatic heterocycles. The summed E-state index contributed by atoms with van der Waals surface area (Å²) in [5, 5.41) is 3.10. The molecule has 0 unspecified atom stereocenters. The Balaban J connectivity index is 1.66. The number of thiophene rings is 1. The van der Waals surface area contributed by atoms with E-state index in [0.717, 1.165) is 33.3 Å². The van der Waals surface area contributed by atoms with E-state index < -0.39 is 11.6 Å². The lowest BCUT2D eigenvalue weighted by atomic mass is 10.00. The molecule has 3 heterocycles. The van der Waals surface area contributed by atoms with E-state index in [4.69, 9.17) is 9.40 Å². The van der Waals surface area contributed by atoms with Crippen molar-refractivity contribution in [3.8, 4) is 11.3 Å². The minimum Gasteiger partial charge on any atom is -0.455 e. The van der Waals surface area contributed by atoms with Crippen molar-refractivity contribution in [3.05, 3.63) is 77.0 Å². The molecule has 2 nitrogen and oxygen atoms in total. The first-order valence-corrected chi connectivity index (χ1v) is 12.3. The predicted molar refractivity (Wildman–Crippen MR) is 138 cm³/mol. The maximum Gasteiger partial charge on any atom is 0.170 e. The summed E-state index contributed by atoms with van der Waals surface area (Å²) in [6, 6.07) is 14.2. The van der Waals surface area contributed by atoms with Crippen LogP contribution in [0.1, 0.15) is 30.5 Å². The molecule has 0 amide bonds. The van der Waals surface area contributed by atoms with Crippen molar-refractivity contribution in [1.29, 1.82) is 0 Å². The quantitative estimate of drug-likeness (QED) is 0.257. The van der Waals surface area contributed by atoms with Gasteiger partial charge in [0.1, 0.15) is 11.2 Å². The van der Waals surface area contributed by atoms with Crippen molar-refractivity contribution >= 4 is 53.4 Å². The number of aromatic nitrogens is 1. The summed E-state index contributed by atoms with van der Waals surface area (Å²) in [6.07, 6.45) is 2.85. The summed E-state index contributed by atoms with van der Waals surface area (Å²) in [7, 11) is 0. The van der Waals surface area contributed by atoms with Crippen LogP contribution < -0.4 is 0 Å². The van der Waals surface area contributed by atoms with E-state index in [1.807, 2.05) is 31.3 Å². The standard InChI is InChI=1S/C29H23F2NOS/c1-14(2)9-17-5-6-18-19-7-8-32-27(29(19)34-23(18)13-17)21-11-15(3)10-20-24-22(33-28(20)21)12-16(4)25(30)26(24)31/h5-8,10-14H,9H2,1-4H3. The van der Waals surface area contributed by atoms with Gasteiger partial charge in [0.15, 0.2) is 11.6 Å². The zero-order chi connectivity index (χ0) is 23.7. The zero-order valence-corrected chi connectivity index (χ0v) is 20.2. The van der Waals surface area contributed by atoms with Gasteiger partial charge in [0.05, 0.1) is 15.8 Å². The molecule has 3 aromatic heterocycles. The number of hydrogen-bond acceptors (Lipinski definition) is 3. The van der Waals surface area contributed by atoms with E-state index >= 15 is 0 Å². The van der Waals surface area contributed by atoms with Crippen molar-refractivity contribution in [3.63, 3.8) is 0 Å². The van der Waals surface area contributed by atoms with Crippen molar-refractivity contribution < 1.29 is 13.2 Å². The van der Waals surface area contributed by atoms with Gasteiger partial charge >= 0.3 is 0 Å². The average Bonchev–Trinajstić information content (AvgIpc) is 3.34. The van der Waals surface area contributed by atoms with E-state index in [9.17, 15) is 8.78 Å². The summed E-state index contributed by atoms with van der Waals surface area (Å²) in [5.74, 6) is -1.11. The maximum absolute atomic E-state index is 15.0. The molecule has 34 heavy (non-hydrogen) atoms. The van der Waals surface area contributed by atoms with Crippen LogP contribution >= 0.6 is 11.3 Å². The topological polar surface area (TPSA) is 26.0 Å². The SMILES string of the molecule is Cc1cc(-c2nccc3c2sc2cc(CC(C)C)ccc23)c2oc3cc(C)c(F)c(F)c3c2c1. The maximum atomic E-state index is 15.0. The Bertz CT molecular complexity index is 1760. The van der Waals surface area contributed by atoms with Gasteiger partial charge in [-0.3, -0.25) is 4.98 Å². The van der Waals surface area contributed by atoms with Crippen LogP contribution in [-0.2, 0) is 6.42 Å². The number of furan rings is 1. The molecular formula is C29H23F2NOS. The van der Waals surface area contributed by atoms with Crippen LogP contribution in [0.3, 0.4) is 0 Å². The lowest BCUT2D eigenvalue weighted by molar-refractivity contribution is 0.510. The highest BCUT2D eigenvalue weighted by Crippen LogP contribution is 2.43. The van der Waals surface area contributed by atoms with Crippen LogP contribution in [0.2, 0.25) is 0 Å². The lowest BCUT2D eigenvalue weighted by Crippen LogP contribution is -1.92. The molecule has 0 fully saturated rings. The van der Waals surface area contributed by atoms with E-state index in [-0.39, 0.29) is 10.9 Å². The number of hydrogen-bond donors (Lipinski definition) is 0. The van der Waals surface area contributed by atoms with E-state index in [2.05, 4.69) is 32.0 Å². The summed E-state index contributed by atoms with van der Waals surface area (Å²) in [4.78, 5) is 4.74. The van der Waals surface area contributed by atoms with Gasteiger partial charge in [-0.15, -0.1) is 11.3 Å². The molecule has 5 heteroatoms. The third-order valence-corrected chi connectivity index (χ3v) is 7.59. The number of aryl methyl sites for hydroxylation is 2. The summed E-state index contributed by atoms with van der Waals surface area (Å²) in [5.41, 5.74) is 4.96. The van der Waals surface area contributed by atoms with Crippen molar-refractivity contribution in [2.24, 2.45) is 5.92 Å². The molecule has 0 bridgehead atoms. The fourth-order valence-corrected chi connectivity index (χ4v) is 6.21. The highest BCUT2D eigenvalue weighted by Gasteiger charge is 2.22. The molecule has 170 valence electrons. The molecule has 0 spiro atoms. The monoisotopic (exact) mass is 471 g/mol. The van der Waals surface area contributed by atoms with Gasteiger partial charge in [0.2, 0.25) is 0 Å². The van der Waals surface area contributed by atoms with E-state index in [0.29, 0.717) is 22.5 Å². The Labute approximate surface area is 199 Å². The van der Waals surface area contributed by atoms with Crippen molar-refractivity contribution in [2.45, 2.75) is 34.1 Å². The van der Waals surface area contributed by atoms with Gasteiger partial charge in [-0.05, 0) is 73.2 Å². The van der Waals surface area contributed by atoms with Crippen LogP contribution in [0.4, 0.5) is 8.78 Å². The number of pyridine rings is 1. The number of rotatable bonds is 3. The third-order valence-electron chi connectivity index (χ3n) is 6.42. The number of nitrogens with zero attached hydrogens (tertiary/aromatic N) is 1. The van der Waals surface area contributed by atoms with Crippen LogP contribution in [0.25, 0.3) is 53.4 Å². The Morgan fingerprint density at radius 2 is 1.76 bits per heavy atom. The largest absolute Gasteiger partial charge is 0.455 e. The molecule has 0 atom stereocenters. The van der Waals surface area contributed by atoms with Gasteiger partial charge in [-0.1, -0.05) is 26.0 Å². The van der Waals surface area contributed by atoms with Gasteiger partial charge in [-0.2, -0.15) is 0 Å². The first-order valence-electron chi connectivity index (χ1n) is 11.4. The van der Waals surface area contributed by atoms with Gasteiger partial charge in [0, 0.05) is 32.6 Å². The minimum absolute atomic E-state index is 0.185. The summed E-state index contributed by atoms with van der Waals surface area (Å²) >= 11 is 1.72. The molecule has 6 aromatic rings. The molecule has 0 aliphatic rings. The van der Waals surface area contributed by atoms with Crippen molar-refractivity contribution in [1.82, 2.24) is 4.98 Å². The van der Waals surface area contributed by atoms with Crippen molar-refractivity contribution in [2.75, 3.05) is 0 Å². The van der Waals surface area contributed by atoms with Gasteiger partial charge in [-0.25, -0.2) is 8.78 Å². The average molecular weight is 472 g/mol. The molecule has 6 rings (SSSR count). The Morgan fingerprint density at radius 1 is 0.941 bits per heavy atom. The second kappa shape index (κ2) is 7.60. The Morgan fingerprint density at radius 3 is 2.56 bits per heavy atom. The first kappa shape index (κ1) is 21.2. The summed E-state index contributed by atoms with van der Waals surface area (Å²) < 4.78 is 37.8. The Kier molecular flexibility index (Phi) is 4.75. The van der Waals surface area contributed by atoms with Crippen LogP contribution in [0.5, 0.6) is 0 Å². The minimum atomic E-state index is -0.865. The number of benzene rings is 3. The second-order valence-corrected chi connectivity index (χ2v) is 10.6. The van der Waals surface area contributed by atoms with E-state index in [1.165, 1.54) is 15.6 Å². The molecular weight excluding hydrogens is 448 g/mol. The number of halogens is 2. The lowest BCUT2D eigenvalue weighted by Gasteiger charge is -2.06. The molecule has 0 aliphatic carbocycles. The zero-order valence-electron chi connectivity index (χ0n) is 19.4. The molecule has 0 saturated heterocycles. The van der Waals surface area contributed by atoms with Crippen LogP contribution in [0.15, 0.2) is 53.1 Å². The van der Waals surface area contributed by atoms with Gasteiger partial charge < -0.3 is 4.42 Å². The fourth-order valence-electron chi connectivity index (χ4n) is 4.95. The molecule has 0 saturated carbocycles. The van der Waals surface area contributed by atoms with Crippen LogP contribution in [-0.4, -0.2) is 4.98 Å². The smallest absolute Gasteiger partial charge is 0.170 e. The molecule has 0 radical (unpaired) electrons. The highest BCUT2D eigenvalue weighted by atomic mass is 32.1. The molecule has 0 N–H and O–H groups in total. The summed E-state index contributed by atoms with van der Waals surface area (Å²) in [6.45, 7) is 7.95. The Hall–Kier alpha value is -3.31. The van der Waals surface area contributed by atoms with Crippen LogP contribution in [0, 0.1) is 31.4 Å². The first-order chi connectivity index (χ1) is 16.3. The highest BCUT2D eigenvalue weighted by molar-refractivity contribution is 7.26. The van der Waals surface area contributed by atoms with Gasteiger partial charge in [0.25, 0.3) is 0 Å². The predicted octanol–water partition coefficient (Wildman–Crippen LogP) is 9.11. The normalized spacial score (nSPS) is 12.2. The second-order valence-electron chi connectivity index (χ2n) is 9.55. The number of fused-ring (bicyclic) bond motifs is 6.